The zero-order valence-electron chi connectivity index (χ0n) is 14.9. The van der Waals surface area contributed by atoms with Crippen molar-refractivity contribution in [2.75, 3.05) is 20.2 Å². The Morgan fingerprint density at radius 1 is 1.36 bits per heavy atom. The minimum Gasteiger partial charge on any atom is -0.496 e. The summed E-state index contributed by atoms with van der Waals surface area (Å²) >= 11 is 0. The van der Waals surface area contributed by atoms with Gasteiger partial charge in [0.05, 0.1) is 12.8 Å². The summed E-state index contributed by atoms with van der Waals surface area (Å²) in [4.78, 5) is 15.0. The Kier molecular flexibility index (Phi) is 4.24. The first kappa shape index (κ1) is 16.2. The van der Waals surface area contributed by atoms with Crippen molar-refractivity contribution in [3.63, 3.8) is 0 Å². The fraction of sp³-hybridized carbons (Fsp3) is 0.500. The smallest absolute Gasteiger partial charge is 0.226 e. The highest BCUT2D eigenvalue weighted by Crippen LogP contribution is 2.51. The molecule has 2 aliphatic rings. The molecule has 2 fully saturated rings. The van der Waals surface area contributed by atoms with Crippen LogP contribution in [0.25, 0.3) is 0 Å². The predicted octanol–water partition coefficient (Wildman–Crippen LogP) is 3.24. The van der Waals surface area contributed by atoms with Gasteiger partial charge in [0.15, 0.2) is 0 Å². The van der Waals surface area contributed by atoms with Gasteiger partial charge in [-0.25, -0.2) is 0 Å². The maximum absolute atomic E-state index is 13.0. The number of methoxy groups -OCH3 is 1. The maximum atomic E-state index is 13.0. The Bertz CT molecular complexity index is 770. The highest BCUT2D eigenvalue weighted by Gasteiger charge is 2.47. The Morgan fingerprint density at radius 2 is 2.20 bits per heavy atom. The molecule has 2 heterocycles. The predicted molar refractivity (Wildman–Crippen MR) is 95.7 cm³/mol. The lowest BCUT2D eigenvalue weighted by atomic mass is 9.94. The van der Waals surface area contributed by atoms with Crippen LogP contribution >= 0.6 is 0 Å². The van der Waals surface area contributed by atoms with Crippen LogP contribution in [0.4, 0.5) is 0 Å². The first-order chi connectivity index (χ1) is 12.2. The molecular formula is C20H25N3O2. The normalized spacial score (nSPS) is 25.7. The van der Waals surface area contributed by atoms with Crippen molar-refractivity contribution >= 4 is 5.91 Å². The van der Waals surface area contributed by atoms with Gasteiger partial charge >= 0.3 is 0 Å². The van der Waals surface area contributed by atoms with Gasteiger partial charge in [-0.1, -0.05) is 18.2 Å². The highest BCUT2D eigenvalue weighted by atomic mass is 16.5. The van der Waals surface area contributed by atoms with Gasteiger partial charge in [-0.05, 0) is 49.8 Å². The van der Waals surface area contributed by atoms with Gasteiger partial charge in [0.25, 0.3) is 0 Å². The molecule has 0 unspecified atom stereocenters. The van der Waals surface area contributed by atoms with Crippen LogP contribution in [-0.2, 0) is 4.79 Å². The highest BCUT2D eigenvalue weighted by molar-refractivity contribution is 5.83. The number of hydrogen-bond donors (Lipinski definition) is 1. The molecule has 4 rings (SSSR count). The van der Waals surface area contributed by atoms with Crippen molar-refractivity contribution in [3.05, 3.63) is 47.3 Å². The summed E-state index contributed by atoms with van der Waals surface area (Å²) in [6, 6.07) is 10.2. The van der Waals surface area contributed by atoms with Crippen LogP contribution in [0.1, 0.15) is 48.0 Å². The summed E-state index contributed by atoms with van der Waals surface area (Å²) in [7, 11) is 1.69. The number of benzene rings is 1. The molecule has 0 radical (unpaired) electrons. The van der Waals surface area contributed by atoms with Crippen LogP contribution in [0.3, 0.4) is 0 Å². The van der Waals surface area contributed by atoms with Crippen LogP contribution in [0.2, 0.25) is 0 Å². The van der Waals surface area contributed by atoms with Gasteiger partial charge in [-0.2, -0.15) is 5.10 Å². The first-order valence-corrected chi connectivity index (χ1v) is 9.11. The number of carbonyl (C=O) groups excluding carboxylic acids is 1. The standard InChI is InChI=1S/C20H25N3O2/c1-13-10-18(22-21-13)14-6-5-9-23(12-14)20(24)17-11-16(17)15-7-3-4-8-19(15)25-2/h3-4,7-8,10,14,16-17H,5-6,9,11-12H2,1-2H3,(H,21,22)/t14-,16+,17+/m1/s1. The number of likely N-dealkylation sites (tertiary alicyclic amines) is 1. The van der Waals surface area contributed by atoms with Crippen molar-refractivity contribution in [3.8, 4) is 5.75 Å². The van der Waals surface area contributed by atoms with E-state index in [-0.39, 0.29) is 5.92 Å². The molecular weight excluding hydrogens is 314 g/mol. The van der Waals surface area contributed by atoms with Gasteiger partial charge in [-0.15, -0.1) is 0 Å². The summed E-state index contributed by atoms with van der Waals surface area (Å²) in [5.74, 6) is 1.96. The van der Waals surface area contributed by atoms with Crippen molar-refractivity contribution in [1.82, 2.24) is 15.1 Å². The van der Waals surface area contributed by atoms with Crippen molar-refractivity contribution < 1.29 is 9.53 Å². The Labute approximate surface area is 148 Å². The molecule has 132 valence electrons. The van der Waals surface area contributed by atoms with Crippen molar-refractivity contribution in [1.29, 1.82) is 0 Å². The molecule has 5 heteroatoms. The molecule has 1 aromatic carbocycles. The minimum absolute atomic E-state index is 0.107. The van der Waals surface area contributed by atoms with E-state index in [1.54, 1.807) is 7.11 Å². The summed E-state index contributed by atoms with van der Waals surface area (Å²) in [6.45, 7) is 3.68. The summed E-state index contributed by atoms with van der Waals surface area (Å²) < 4.78 is 5.46. The average Bonchev–Trinajstić information content (AvgIpc) is 3.34. The van der Waals surface area contributed by atoms with Gasteiger partial charge in [0.2, 0.25) is 5.91 Å². The van der Waals surface area contributed by atoms with Crippen LogP contribution in [0.5, 0.6) is 5.75 Å². The monoisotopic (exact) mass is 339 g/mol. The van der Waals surface area contributed by atoms with E-state index in [0.717, 1.165) is 49.5 Å². The number of ether oxygens (including phenoxy) is 1. The number of rotatable bonds is 4. The Hall–Kier alpha value is -2.30. The van der Waals surface area contributed by atoms with E-state index in [9.17, 15) is 4.79 Å². The van der Waals surface area contributed by atoms with Gasteiger partial charge in [0.1, 0.15) is 5.75 Å². The molecule has 1 aliphatic carbocycles. The average molecular weight is 339 g/mol. The maximum Gasteiger partial charge on any atom is 0.226 e. The number of para-hydroxylation sites is 1. The van der Waals surface area contributed by atoms with Crippen molar-refractivity contribution in [2.45, 2.75) is 38.0 Å². The largest absolute Gasteiger partial charge is 0.496 e. The van der Waals surface area contributed by atoms with Crippen molar-refractivity contribution in [2.24, 2.45) is 5.92 Å². The lowest BCUT2D eigenvalue weighted by Crippen LogP contribution is -2.40. The number of aryl methyl sites for hydroxylation is 1. The molecule has 1 aromatic heterocycles. The number of aromatic nitrogens is 2. The summed E-state index contributed by atoms with van der Waals surface area (Å²) in [5, 5.41) is 7.42. The number of carbonyl (C=O) groups is 1. The molecule has 1 saturated carbocycles. The molecule has 0 bridgehead atoms. The van der Waals surface area contributed by atoms with E-state index < -0.39 is 0 Å². The topological polar surface area (TPSA) is 58.2 Å². The molecule has 1 saturated heterocycles. The van der Waals surface area contributed by atoms with Gasteiger partial charge < -0.3 is 9.64 Å². The number of amides is 1. The second-order valence-electron chi connectivity index (χ2n) is 7.29. The van der Waals surface area contributed by atoms with E-state index >= 15 is 0 Å². The number of nitrogens with zero attached hydrogens (tertiary/aromatic N) is 2. The fourth-order valence-corrected chi connectivity index (χ4v) is 4.09. The van der Waals surface area contributed by atoms with Crippen LogP contribution in [-0.4, -0.2) is 41.2 Å². The first-order valence-electron chi connectivity index (χ1n) is 9.11. The number of nitrogens with one attached hydrogen (secondary N) is 1. The summed E-state index contributed by atoms with van der Waals surface area (Å²) in [6.07, 6.45) is 3.09. The van der Waals surface area contributed by atoms with E-state index in [0.29, 0.717) is 17.7 Å². The van der Waals surface area contributed by atoms with E-state index in [2.05, 4.69) is 27.2 Å². The van der Waals surface area contributed by atoms with E-state index in [4.69, 9.17) is 4.74 Å². The number of H-pyrrole nitrogens is 1. The van der Waals surface area contributed by atoms with Crippen LogP contribution in [0, 0.1) is 12.8 Å². The second kappa shape index (κ2) is 6.54. The third-order valence-electron chi connectivity index (χ3n) is 5.52. The van der Waals surface area contributed by atoms with Crippen LogP contribution < -0.4 is 4.74 Å². The number of aromatic amines is 1. The molecule has 2 aromatic rings. The number of piperidine rings is 1. The lowest BCUT2D eigenvalue weighted by Gasteiger charge is -2.32. The zero-order chi connectivity index (χ0) is 17.4. The fourth-order valence-electron chi connectivity index (χ4n) is 4.09. The molecule has 25 heavy (non-hydrogen) atoms. The van der Waals surface area contributed by atoms with E-state index in [1.165, 1.54) is 5.56 Å². The number of hydrogen-bond acceptors (Lipinski definition) is 3. The molecule has 5 nitrogen and oxygen atoms in total. The second-order valence-corrected chi connectivity index (χ2v) is 7.29. The molecule has 1 aliphatic heterocycles. The molecule has 3 atom stereocenters. The molecule has 0 spiro atoms. The van der Waals surface area contributed by atoms with Crippen LogP contribution in [0.15, 0.2) is 30.3 Å². The van der Waals surface area contributed by atoms with Gasteiger partial charge in [-0.3, -0.25) is 9.89 Å². The SMILES string of the molecule is COc1ccccc1[C@@H]1C[C@@H]1C(=O)N1CCC[C@@H](c2cc(C)[nH]n2)C1. The Morgan fingerprint density at radius 3 is 2.96 bits per heavy atom. The third-order valence-corrected chi connectivity index (χ3v) is 5.52. The third kappa shape index (κ3) is 3.15. The molecule has 1 amide bonds. The Balaban J connectivity index is 1.43. The minimum atomic E-state index is 0.107. The zero-order valence-corrected chi connectivity index (χ0v) is 14.9. The van der Waals surface area contributed by atoms with E-state index in [1.807, 2.05) is 25.1 Å². The van der Waals surface area contributed by atoms with Gasteiger partial charge in [0, 0.05) is 30.6 Å². The molecule has 1 N–H and O–H groups in total. The quantitative estimate of drug-likeness (QED) is 0.930. The summed E-state index contributed by atoms with van der Waals surface area (Å²) in [5.41, 5.74) is 3.34. The lowest BCUT2D eigenvalue weighted by molar-refractivity contribution is -0.133.